The van der Waals surface area contributed by atoms with Crippen LogP contribution >= 0.6 is 0 Å². The number of rotatable bonds is 8. The summed E-state index contributed by atoms with van der Waals surface area (Å²) in [7, 11) is 0. The highest BCUT2D eigenvalue weighted by atomic mass is 16.2. The van der Waals surface area contributed by atoms with E-state index in [-0.39, 0.29) is 30.8 Å². The van der Waals surface area contributed by atoms with Crippen molar-refractivity contribution in [1.82, 2.24) is 15.1 Å². The summed E-state index contributed by atoms with van der Waals surface area (Å²) in [6, 6.07) is 9.40. The minimum Gasteiger partial charge on any atom is -0.338 e. The molecular weight excluding hydrogens is 344 g/mol. The molecule has 0 unspecified atom stereocenters. The summed E-state index contributed by atoms with van der Waals surface area (Å²) in [6.45, 7) is 1.70. The third kappa shape index (κ3) is 4.30. The van der Waals surface area contributed by atoms with Gasteiger partial charge in [-0.1, -0.05) is 43.2 Å². The molecule has 2 fully saturated rings. The zero-order valence-corrected chi connectivity index (χ0v) is 15.7. The normalized spacial score (nSPS) is 18.2. The molecule has 27 heavy (non-hydrogen) atoms. The zero-order valence-electron chi connectivity index (χ0n) is 15.7. The molecule has 0 bridgehead atoms. The molecule has 2 aliphatic rings. The van der Waals surface area contributed by atoms with E-state index in [1.165, 1.54) is 4.90 Å². The molecule has 0 aromatic heterocycles. The zero-order chi connectivity index (χ0) is 19.3. The Kier molecular flexibility index (Phi) is 6.11. The number of hydrogen-bond donors (Lipinski definition) is 2. The fourth-order valence-electron chi connectivity index (χ4n) is 3.94. The van der Waals surface area contributed by atoms with Crippen molar-refractivity contribution in [2.45, 2.75) is 50.6 Å². The van der Waals surface area contributed by atoms with Crippen LogP contribution in [-0.2, 0) is 16.1 Å². The molecule has 146 valence electrons. The minimum absolute atomic E-state index is 0.0692. The minimum atomic E-state index is -0.719. The number of imide groups is 1. The molecule has 1 saturated carbocycles. The Hall–Kier alpha value is -2.41. The van der Waals surface area contributed by atoms with E-state index >= 15 is 0 Å². The van der Waals surface area contributed by atoms with Crippen molar-refractivity contribution in [3.05, 3.63) is 35.9 Å². The Balaban J connectivity index is 1.60. The molecule has 0 atom stereocenters. The smallest absolute Gasteiger partial charge is 0.325 e. The molecule has 1 aromatic carbocycles. The van der Waals surface area contributed by atoms with Crippen LogP contribution in [-0.4, -0.2) is 52.8 Å². The van der Waals surface area contributed by atoms with Gasteiger partial charge in [0.15, 0.2) is 0 Å². The Morgan fingerprint density at radius 3 is 2.56 bits per heavy atom. The molecule has 4 amide bonds. The van der Waals surface area contributed by atoms with Crippen molar-refractivity contribution < 1.29 is 14.4 Å². The van der Waals surface area contributed by atoms with Crippen molar-refractivity contribution in [2.24, 2.45) is 5.73 Å². The van der Waals surface area contributed by atoms with Crippen LogP contribution in [0, 0.1) is 0 Å². The number of urea groups is 1. The van der Waals surface area contributed by atoms with Gasteiger partial charge in [0.05, 0.1) is 0 Å². The maximum Gasteiger partial charge on any atom is 0.325 e. The second-order valence-corrected chi connectivity index (χ2v) is 7.37. The second kappa shape index (κ2) is 8.52. The van der Waals surface area contributed by atoms with Gasteiger partial charge < -0.3 is 16.0 Å². The maximum atomic E-state index is 12.8. The second-order valence-electron chi connectivity index (χ2n) is 7.37. The van der Waals surface area contributed by atoms with Gasteiger partial charge in [-0.25, -0.2) is 4.79 Å². The van der Waals surface area contributed by atoms with Crippen LogP contribution in [0.4, 0.5) is 4.79 Å². The van der Waals surface area contributed by atoms with Crippen LogP contribution in [0.15, 0.2) is 30.3 Å². The lowest BCUT2D eigenvalue weighted by molar-refractivity contribution is -0.134. The van der Waals surface area contributed by atoms with Gasteiger partial charge in [0.2, 0.25) is 5.91 Å². The average Bonchev–Trinajstić information content (AvgIpc) is 3.23. The molecule has 1 spiro atoms. The molecule has 0 radical (unpaired) electrons. The van der Waals surface area contributed by atoms with Crippen LogP contribution in [0.3, 0.4) is 0 Å². The molecule has 1 saturated heterocycles. The molecule has 1 aliphatic carbocycles. The van der Waals surface area contributed by atoms with Crippen molar-refractivity contribution in [3.8, 4) is 0 Å². The van der Waals surface area contributed by atoms with E-state index < -0.39 is 5.54 Å². The van der Waals surface area contributed by atoms with E-state index in [1.807, 2.05) is 30.3 Å². The average molecular weight is 372 g/mol. The first-order chi connectivity index (χ1) is 13.1. The Morgan fingerprint density at radius 2 is 1.89 bits per heavy atom. The van der Waals surface area contributed by atoms with Gasteiger partial charge >= 0.3 is 6.03 Å². The first-order valence-corrected chi connectivity index (χ1v) is 9.72. The predicted molar refractivity (Wildman–Crippen MR) is 102 cm³/mol. The highest BCUT2D eigenvalue weighted by molar-refractivity contribution is 6.07. The molecular formula is C20H28N4O3. The molecule has 7 heteroatoms. The highest BCUT2D eigenvalue weighted by Crippen LogP contribution is 2.35. The van der Waals surface area contributed by atoms with Crippen LogP contribution in [0.5, 0.6) is 0 Å². The van der Waals surface area contributed by atoms with Crippen LogP contribution in [0.2, 0.25) is 0 Å². The topological polar surface area (TPSA) is 95.7 Å². The summed E-state index contributed by atoms with van der Waals surface area (Å²) in [5, 5.41) is 2.85. The van der Waals surface area contributed by atoms with Gasteiger partial charge in [0.1, 0.15) is 5.54 Å². The van der Waals surface area contributed by atoms with Gasteiger partial charge in [-0.15, -0.1) is 0 Å². The summed E-state index contributed by atoms with van der Waals surface area (Å²) < 4.78 is 0. The van der Waals surface area contributed by atoms with E-state index in [4.69, 9.17) is 5.73 Å². The third-order valence-electron chi connectivity index (χ3n) is 5.45. The van der Waals surface area contributed by atoms with Gasteiger partial charge in [-0.2, -0.15) is 0 Å². The van der Waals surface area contributed by atoms with Crippen molar-refractivity contribution in [3.63, 3.8) is 0 Å². The third-order valence-corrected chi connectivity index (χ3v) is 5.45. The molecule has 1 aromatic rings. The van der Waals surface area contributed by atoms with E-state index in [0.29, 0.717) is 38.9 Å². The SMILES string of the molecule is NCCCN(Cc1ccccc1)C(=O)CCN1C(=O)NC2(CCCC2)C1=O. The molecule has 1 aliphatic heterocycles. The number of hydrogen-bond acceptors (Lipinski definition) is 4. The Bertz CT molecular complexity index is 686. The lowest BCUT2D eigenvalue weighted by atomic mass is 9.98. The Morgan fingerprint density at radius 1 is 1.19 bits per heavy atom. The van der Waals surface area contributed by atoms with Crippen molar-refractivity contribution in [1.29, 1.82) is 0 Å². The number of benzene rings is 1. The van der Waals surface area contributed by atoms with E-state index in [0.717, 1.165) is 18.4 Å². The standard InChI is InChI=1S/C20H28N4O3/c21-12-6-13-23(15-16-7-2-1-3-8-16)17(25)9-14-24-18(26)20(22-19(24)27)10-4-5-11-20/h1-3,7-8H,4-6,9-15,21H2,(H,22,27). The summed E-state index contributed by atoms with van der Waals surface area (Å²) in [6.07, 6.45) is 4.13. The fraction of sp³-hybridized carbons (Fsp3) is 0.550. The van der Waals surface area contributed by atoms with Crippen LogP contribution in [0.1, 0.15) is 44.1 Å². The number of nitrogens with one attached hydrogen (secondary N) is 1. The number of nitrogens with zero attached hydrogens (tertiary/aromatic N) is 2. The van der Waals surface area contributed by atoms with Gasteiger partial charge in [0, 0.05) is 26.1 Å². The predicted octanol–water partition coefficient (Wildman–Crippen LogP) is 1.62. The van der Waals surface area contributed by atoms with E-state index in [1.54, 1.807) is 4.90 Å². The molecule has 3 N–H and O–H groups in total. The first kappa shape index (κ1) is 19.4. The van der Waals surface area contributed by atoms with Crippen molar-refractivity contribution in [2.75, 3.05) is 19.6 Å². The van der Waals surface area contributed by atoms with Crippen LogP contribution < -0.4 is 11.1 Å². The fourth-order valence-corrected chi connectivity index (χ4v) is 3.94. The monoisotopic (exact) mass is 372 g/mol. The summed E-state index contributed by atoms with van der Waals surface area (Å²) in [4.78, 5) is 40.7. The van der Waals surface area contributed by atoms with Gasteiger partial charge in [-0.05, 0) is 31.4 Å². The Labute approximate surface area is 159 Å². The summed E-state index contributed by atoms with van der Waals surface area (Å²) >= 11 is 0. The number of carbonyl (C=O) groups excluding carboxylic acids is 3. The summed E-state index contributed by atoms with van der Waals surface area (Å²) in [5.41, 5.74) is 5.93. The van der Waals surface area contributed by atoms with Gasteiger partial charge in [-0.3, -0.25) is 14.5 Å². The quantitative estimate of drug-likeness (QED) is 0.678. The number of amides is 4. The lowest BCUT2D eigenvalue weighted by Gasteiger charge is -2.24. The number of carbonyl (C=O) groups is 3. The van der Waals surface area contributed by atoms with Crippen LogP contribution in [0.25, 0.3) is 0 Å². The first-order valence-electron chi connectivity index (χ1n) is 9.72. The molecule has 1 heterocycles. The molecule has 3 rings (SSSR count). The van der Waals surface area contributed by atoms with E-state index in [9.17, 15) is 14.4 Å². The molecule has 7 nitrogen and oxygen atoms in total. The lowest BCUT2D eigenvalue weighted by Crippen LogP contribution is -2.44. The number of nitrogens with two attached hydrogens (primary N) is 1. The van der Waals surface area contributed by atoms with Gasteiger partial charge in [0.25, 0.3) is 5.91 Å². The largest absolute Gasteiger partial charge is 0.338 e. The van der Waals surface area contributed by atoms with E-state index in [2.05, 4.69) is 5.32 Å². The maximum absolute atomic E-state index is 12.8. The van der Waals surface area contributed by atoms with Crippen molar-refractivity contribution >= 4 is 17.8 Å². The summed E-state index contributed by atoms with van der Waals surface area (Å²) in [5.74, 6) is -0.241. The highest BCUT2D eigenvalue weighted by Gasteiger charge is 2.52.